The maximum Gasteiger partial charge on any atom is 0.410 e. The largest absolute Gasteiger partial charge is 0.444 e. The number of alkyl halides is 2. The third-order valence-corrected chi connectivity index (χ3v) is 7.02. The summed E-state index contributed by atoms with van der Waals surface area (Å²) in [4.78, 5) is 14.2. The van der Waals surface area contributed by atoms with Gasteiger partial charge >= 0.3 is 6.09 Å². The van der Waals surface area contributed by atoms with Crippen molar-refractivity contribution in [2.24, 2.45) is 0 Å². The van der Waals surface area contributed by atoms with Crippen LogP contribution in [0.2, 0.25) is 0 Å². The molecule has 1 saturated carbocycles. The summed E-state index contributed by atoms with van der Waals surface area (Å²) in [6.07, 6.45) is 0.0146. The van der Waals surface area contributed by atoms with Crippen LogP contribution in [0.25, 0.3) is 11.5 Å². The number of ether oxygens (including phenoxy) is 1. The first-order valence-electron chi connectivity index (χ1n) is 11.4. The highest BCUT2D eigenvalue weighted by Gasteiger charge is 2.39. The molecule has 1 aromatic heterocycles. The summed E-state index contributed by atoms with van der Waals surface area (Å²) in [6.45, 7) is 7.29. The number of amides is 1. The number of halogens is 3. The van der Waals surface area contributed by atoms with E-state index in [0.29, 0.717) is 12.8 Å². The maximum atomic E-state index is 13.6. The van der Waals surface area contributed by atoms with Crippen molar-refractivity contribution >= 4 is 25.8 Å². The monoisotopic (exact) mass is 533 g/mol. The van der Waals surface area contributed by atoms with Crippen molar-refractivity contribution in [1.82, 2.24) is 15.1 Å². The van der Waals surface area contributed by atoms with Crippen molar-refractivity contribution < 1.29 is 31.1 Å². The number of hydrogen-bond acceptors (Lipinski definition) is 7. The fraction of sp³-hybridized carbons (Fsp3) is 0.609. The van der Waals surface area contributed by atoms with E-state index in [1.807, 2.05) is 0 Å². The molecule has 0 radical (unpaired) electrons. The summed E-state index contributed by atoms with van der Waals surface area (Å²) in [5.74, 6) is -2.44. The van der Waals surface area contributed by atoms with Crippen molar-refractivity contribution in [3.05, 3.63) is 29.7 Å². The van der Waals surface area contributed by atoms with Gasteiger partial charge in [-0.3, -0.25) is 0 Å². The molecule has 1 amide bonds. The van der Waals surface area contributed by atoms with Crippen LogP contribution < -0.4 is 0 Å². The Morgan fingerprint density at radius 2 is 1.91 bits per heavy atom. The zero-order valence-corrected chi connectivity index (χ0v) is 21.8. The third-order valence-electron chi connectivity index (χ3n) is 5.64. The number of benzene rings is 1. The van der Waals surface area contributed by atoms with Gasteiger partial charge in [0.2, 0.25) is 17.7 Å². The molecule has 3 rings (SSSR count). The third kappa shape index (κ3) is 7.60. The number of nitrogens with zero attached hydrogens (tertiary/aromatic N) is 3. The second-order valence-electron chi connectivity index (χ2n) is 9.80. The molecule has 0 spiro atoms. The molecular formula is C23H30ClF2N3O5S. The quantitative estimate of drug-likeness (QED) is 0.419. The first-order valence-corrected chi connectivity index (χ1v) is 13.7. The molecule has 35 heavy (non-hydrogen) atoms. The molecule has 0 unspecified atom stereocenters. The average molecular weight is 534 g/mol. The summed E-state index contributed by atoms with van der Waals surface area (Å²) in [5, 5.41) is 7.95. The van der Waals surface area contributed by atoms with E-state index in [9.17, 15) is 22.0 Å². The number of carbonyl (C=O) groups excluding carboxylic acids is 1. The smallest absolute Gasteiger partial charge is 0.410 e. The molecule has 0 saturated heterocycles. The van der Waals surface area contributed by atoms with Crippen molar-refractivity contribution in [3.63, 3.8) is 0 Å². The van der Waals surface area contributed by atoms with Crippen molar-refractivity contribution in [3.8, 4) is 11.5 Å². The molecule has 1 aliphatic carbocycles. The number of aryl methyl sites for hydroxylation is 2. The summed E-state index contributed by atoms with van der Waals surface area (Å²) in [5.41, 5.74) is 0.274. The van der Waals surface area contributed by atoms with E-state index in [1.165, 1.54) is 11.0 Å². The van der Waals surface area contributed by atoms with Gasteiger partial charge in [0.15, 0.2) is 0 Å². The van der Waals surface area contributed by atoms with Crippen LogP contribution in [0.1, 0.15) is 64.3 Å². The van der Waals surface area contributed by atoms with Crippen LogP contribution in [-0.4, -0.2) is 53.7 Å². The lowest BCUT2D eigenvalue weighted by atomic mass is 9.91. The zero-order valence-electron chi connectivity index (χ0n) is 20.2. The highest BCUT2D eigenvalue weighted by molar-refractivity contribution is 8.13. The first kappa shape index (κ1) is 27.3. The second kappa shape index (κ2) is 10.4. The first-order chi connectivity index (χ1) is 16.1. The lowest BCUT2D eigenvalue weighted by Crippen LogP contribution is -2.46. The number of rotatable bonds is 7. The van der Waals surface area contributed by atoms with E-state index >= 15 is 0 Å². The van der Waals surface area contributed by atoms with E-state index < -0.39 is 26.7 Å². The van der Waals surface area contributed by atoms with E-state index in [-0.39, 0.29) is 60.5 Å². The predicted octanol–water partition coefficient (Wildman–Crippen LogP) is 5.72. The lowest BCUT2D eigenvalue weighted by Gasteiger charge is -2.37. The zero-order chi connectivity index (χ0) is 26.0. The lowest BCUT2D eigenvalue weighted by molar-refractivity contribution is -0.0571. The van der Waals surface area contributed by atoms with Crippen LogP contribution in [0.4, 0.5) is 13.6 Å². The summed E-state index contributed by atoms with van der Waals surface area (Å²) in [6, 6.07) is 4.24. The topological polar surface area (TPSA) is 103 Å². The van der Waals surface area contributed by atoms with Crippen LogP contribution in [0, 0.1) is 6.92 Å². The SMILES string of the molecule is Cc1ccc(S(=O)(=O)Cl)c(-c2nnc(CCCN(C(=O)OC(C)(C)C)C3CCC(F)(F)CC3)o2)c1. The van der Waals surface area contributed by atoms with Gasteiger partial charge < -0.3 is 14.1 Å². The van der Waals surface area contributed by atoms with Gasteiger partial charge in [-0.05, 0) is 59.1 Å². The molecule has 1 aromatic carbocycles. The van der Waals surface area contributed by atoms with Gasteiger partial charge in [-0.2, -0.15) is 0 Å². The van der Waals surface area contributed by atoms with E-state index in [0.717, 1.165) is 5.56 Å². The number of carbonyl (C=O) groups is 1. The van der Waals surface area contributed by atoms with Crippen molar-refractivity contribution in [2.45, 2.75) is 88.7 Å². The predicted molar refractivity (Wildman–Crippen MR) is 126 cm³/mol. The minimum absolute atomic E-state index is 0.0152. The molecule has 12 heteroatoms. The van der Waals surface area contributed by atoms with Crippen LogP contribution >= 0.6 is 10.7 Å². The molecule has 2 aromatic rings. The highest BCUT2D eigenvalue weighted by atomic mass is 35.7. The van der Waals surface area contributed by atoms with E-state index in [4.69, 9.17) is 19.8 Å². The Morgan fingerprint density at radius 1 is 1.26 bits per heavy atom. The molecule has 0 atom stereocenters. The number of aromatic nitrogens is 2. The molecule has 1 heterocycles. The molecule has 8 nitrogen and oxygen atoms in total. The standard InChI is InChI=1S/C23H30ClF2N3O5S/c1-15-7-8-18(35(24,31)32)17(14-15)20-28-27-19(33-20)6-5-13-29(21(30)34-22(2,3)4)16-9-11-23(25,26)12-10-16/h7-8,14,16H,5-6,9-13H2,1-4H3. The highest BCUT2D eigenvalue weighted by Crippen LogP contribution is 2.36. The Labute approximate surface area is 208 Å². The fourth-order valence-corrected chi connectivity index (χ4v) is 5.01. The molecule has 1 fully saturated rings. The molecular weight excluding hydrogens is 504 g/mol. The van der Waals surface area contributed by atoms with E-state index in [1.54, 1.807) is 39.8 Å². The second-order valence-corrected chi connectivity index (χ2v) is 12.3. The van der Waals surface area contributed by atoms with Crippen molar-refractivity contribution in [1.29, 1.82) is 0 Å². The maximum absolute atomic E-state index is 13.6. The van der Waals surface area contributed by atoms with Gasteiger partial charge in [0.1, 0.15) is 5.60 Å². The van der Waals surface area contributed by atoms with Crippen LogP contribution in [0.15, 0.2) is 27.5 Å². The summed E-state index contributed by atoms with van der Waals surface area (Å²) < 4.78 is 62.3. The molecule has 1 aliphatic rings. The summed E-state index contributed by atoms with van der Waals surface area (Å²) in [7, 11) is 1.51. The van der Waals surface area contributed by atoms with E-state index in [2.05, 4.69) is 10.2 Å². The summed E-state index contributed by atoms with van der Waals surface area (Å²) >= 11 is 0. The molecule has 0 N–H and O–H groups in total. The van der Waals surface area contributed by atoms with Gasteiger partial charge in [-0.1, -0.05) is 11.6 Å². The minimum atomic E-state index is -4.03. The molecule has 194 valence electrons. The molecule has 0 bridgehead atoms. The van der Waals surface area contributed by atoms with Gasteiger partial charge in [-0.25, -0.2) is 22.0 Å². The van der Waals surface area contributed by atoms with Crippen LogP contribution in [-0.2, 0) is 20.2 Å². The Bertz CT molecular complexity index is 1150. The average Bonchev–Trinajstić information content (AvgIpc) is 3.18. The fourth-order valence-electron chi connectivity index (χ4n) is 3.97. The van der Waals surface area contributed by atoms with Gasteiger partial charge in [0, 0.05) is 42.5 Å². The van der Waals surface area contributed by atoms with Crippen LogP contribution in [0.5, 0.6) is 0 Å². The van der Waals surface area contributed by atoms with Gasteiger partial charge in [-0.15, -0.1) is 10.2 Å². The normalized spacial score (nSPS) is 16.8. The van der Waals surface area contributed by atoms with Crippen molar-refractivity contribution in [2.75, 3.05) is 6.54 Å². The molecule has 0 aliphatic heterocycles. The van der Waals surface area contributed by atoms with Gasteiger partial charge in [0.05, 0.1) is 10.5 Å². The Morgan fingerprint density at radius 3 is 2.51 bits per heavy atom. The Balaban J connectivity index is 1.71. The van der Waals surface area contributed by atoms with Crippen LogP contribution in [0.3, 0.4) is 0 Å². The number of hydrogen-bond donors (Lipinski definition) is 0. The van der Waals surface area contributed by atoms with Gasteiger partial charge in [0.25, 0.3) is 9.05 Å². The minimum Gasteiger partial charge on any atom is -0.444 e. The Hall–Kier alpha value is -2.27. The Kier molecular flexibility index (Phi) is 8.10.